The zero-order valence-corrected chi connectivity index (χ0v) is 11.7. The van der Waals surface area contributed by atoms with Crippen molar-refractivity contribution in [3.63, 3.8) is 0 Å². The van der Waals surface area contributed by atoms with Gasteiger partial charge in [0.1, 0.15) is 0 Å². The van der Waals surface area contributed by atoms with Gasteiger partial charge in [0.25, 0.3) is 0 Å². The minimum atomic E-state index is 0.579. The lowest BCUT2D eigenvalue weighted by molar-refractivity contribution is 0.537. The Labute approximate surface area is 108 Å². The average molecular weight is 258 g/mol. The van der Waals surface area contributed by atoms with Crippen molar-refractivity contribution in [3.8, 4) is 0 Å². The highest BCUT2D eigenvalue weighted by atomic mass is 35.5. The Balaban J connectivity index is 2.33. The molecule has 0 amide bonds. The molecule has 1 aromatic rings. The predicted molar refractivity (Wildman–Crippen MR) is 74.5 cm³/mol. The zero-order chi connectivity index (χ0) is 12.0. The second-order valence-electron chi connectivity index (χ2n) is 4.10. The summed E-state index contributed by atoms with van der Waals surface area (Å²) in [6.07, 6.45) is 1.18. The SMILES string of the molecule is CCC(C)NCC(C)Sc1ccc(Cl)cc1. The van der Waals surface area contributed by atoms with Gasteiger partial charge in [-0.15, -0.1) is 11.8 Å². The second kappa shape index (κ2) is 7.21. The lowest BCUT2D eigenvalue weighted by atomic mass is 10.2. The number of thioether (sulfide) groups is 1. The Hall–Kier alpha value is -0.180. The van der Waals surface area contributed by atoms with E-state index in [1.165, 1.54) is 11.3 Å². The van der Waals surface area contributed by atoms with Crippen molar-refractivity contribution in [2.45, 2.75) is 43.4 Å². The molecular weight excluding hydrogens is 238 g/mol. The van der Waals surface area contributed by atoms with Crippen molar-refractivity contribution < 1.29 is 0 Å². The molecule has 0 aliphatic rings. The highest BCUT2D eigenvalue weighted by molar-refractivity contribution is 8.00. The first kappa shape index (κ1) is 13.9. The third-order valence-corrected chi connectivity index (χ3v) is 3.88. The average Bonchev–Trinajstić information content (AvgIpc) is 2.29. The number of hydrogen-bond donors (Lipinski definition) is 1. The summed E-state index contributed by atoms with van der Waals surface area (Å²) in [6, 6.07) is 8.64. The summed E-state index contributed by atoms with van der Waals surface area (Å²) in [4.78, 5) is 1.28. The summed E-state index contributed by atoms with van der Waals surface area (Å²) >= 11 is 7.73. The molecule has 0 fully saturated rings. The highest BCUT2D eigenvalue weighted by Crippen LogP contribution is 2.24. The monoisotopic (exact) mass is 257 g/mol. The van der Waals surface area contributed by atoms with Gasteiger partial charge in [-0.3, -0.25) is 0 Å². The van der Waals surface area contributed by atoms with Gasteiger partial charge in [-0.05, 0) is 37.6 Å². The van der Waals surface area contributed by atoms with Crippen LogP contribution in [-0.2, 0) is 0 Å². The van der Waals surface area contributed by atoms with Crippen LogP contribution in [0.15, 0.2) is 29.2 Å². The Morgan fingerprint density at radius 2 is 1.88 bits per heavy atom. The van der Waals surface area contributed by atoms with Gasteiger partial charge >= 0.3 is 0 Å². The lowest BCUT2D eigenvalue weighted by Crippen LogP contribution is -2.30. The van der Waals surface area contributed by atoms with Crippen LogP contribution < -0.4 is 5.32 Å². The molecule has 0 bridgehead atoms. The number of hydrogen-bond acceptors (Lipinski definition) is 2. The van der Waals surface area contributed by atoms with Crippen molar-refractivity contribution in [1.29, 1.82) is 0 Å². The van der Waals surface area contributed by atoms with Crippen LogP contribution in [0.2, 0.25) is 5.02 Å². The van der Waals surface area contributed by atoms with Crippen LogP contribution in [0.4, 0.5) is 0 Å². The summed E-state index contributed by atoms with van der Waals surface area (Å²) < 4.78 is 0. The fraction of sp³-hybridized carbons (Fsp3) is 0.538. The van der Waals surface area contributed by atoms with Gasteiger partial charge in [0.2, 0.25) is 0 Å². The highest BCUT2D eigenvalue weighted by Gasteiger charge is 2.05. The molecule has 1 rings (SSSR count). The van der Waals surface area contributed by atoms with E-state index in [0.29, 0.717) is 11.3 Å². The molecule has 0 aromatic heterocycles. The Bertz CT molecular complexity index is 299. The van der Waals surface area contributed by atoms with Gasteiger partial charge < -0.3 is 5.32 Å². The molecule has 0 aliphatic heterocycles. The summed E-state index contributed by atoms with van der Waals surface area (Å²) in [5.74, 6) is 0. The van der Waals surface area contributed by atoms with E-state index in [0.717, 1.165) is 11.6 Å². The Morgan fingerprint density at radius 1 is 1.25 bits per heavy atom. The smallest absolute Gasteiger partial charge is 0.0406 e. The van der Waals surface area contributed by atoms with Crippen LogP contribution >= 0.6 is 23.4 Å². The maximum atomic E-state index is 5.85. The van der Waals surface area contributed by atoms with E-state index in [2.05, 4.69) is 38.2 Å². The zero-order valence-electron chi connectivity index (χ0n) is 10.2. The summed E-state index contributed by atoms with van der Waals surface area (Å²) in [5.41, 5.74) is 0. The first-order valence-corrected chi connectivity index (χ1v) is 7.03. The Kier molecular flexibility index (Phi) is 6.25. The largest absolute Gasteiger partial charge is 0.313 e. The number of benzene rings is 1. The van der Waals surface area contributed by atoms with Crippen LogP contribution in [0.3, 0.4) is 0 Å². The summed E-state index contributed by atoms with van der Waals surface area (Å²) in [7, 11) is 0. The van der Waals surface area contributed by atoms with Gasteiger partial charge in [-0.2, -0.15) is 0 Å². The molecule has 0 heterocycles. The van der Waals surface area contributed by atoms with Crippen LogP contribution in [0.5, 0.6) is 0 Å². The van der Waals surface area contributed by atoms with E-state index in [1.54, 1.807) is 0 Å². The normalized spacial score (nSPS) is 14.8. The molecule has 0 spiro atoms. The minimum absolute atomic E-state index is 0.579. The van der Waals surface area contributed by atoms with Crippen molar-refractivity contribution in [2.24, 2.45) is 0 Å². The maximum absolute atomic E-state index is 5.85. The first-order chi connectivity index (χ1) is 7.61. The van der Waals surface area contributed by atoms with Gasteiger partial charge in [-0.1, -0.05) is 25.4 Å². The Morgan fingerprint density at radius 3 is 2.44 bits per heavy atom. The number of halogens is 1. The third kappa shape index (κ3) is 5.24. The van der Waals surface area contributed by atoms with Crippen molar-refractivity contribution in [1.82, 2.24) is 5.32 Å². The van der Waals surface area contributed by atoms with Crippen molar-refractivity contribution in [2.75, 3.05) is 6.54 Å². The quantitative estimate of drug-likeness (QED) is 0.767. The second-order valence-corrected chi connectivity index (χ2v) is 6.05. The third-order valence-electron chi connectivity index (χ3n) is 2.52. The first-order valence-electron chi connectivity index (χ1n) is 5.77. The minimum Gasteiger partial charge on any atom is -0.313 e. The topological polar surface area (TPSA) is 12.0 Å². The lowest BCUT2D eigenvalue weighted by Gasteiger charge is -2.16. The summed E-state index contributed by atoms with van der Waals surface area (Å²) in [5, 5.41) is 4.90. The molecule has 1 nitrogen and oxygen atoms in total. The molecule has 2 unspecified atom stereocenters. The molecule has 3 heteroatoms. The van der Waals surface area contributed by atoms with E-state index in [1.807, 2.05) is 23.9 Å². The van der Waals surface area contributed by atoms with Crippen LogP contribution in [-0.4, -0.2) is 17.8 Å². The molecule has 0 radical (unpaired) electrons. The molecule has 1 aromatic carbocycles. The molecule has 90 valence electrons. The van der Waals surface area contributed by atoms with Crippen molar-refractivity contribution in [3.05, 3.63) is 29.3 Å². The molecule has 16 heavy (non-hydrogen) atoms. The van der Waals surface area contributed by atoms with Gasteiger partial charge in [0.05, 0.1) is 0 Å². The van der Waals surface area contributed by atoms with E-state index >= 15 is 0 Å². The fourth-order valence-corrected chi connectivity index (χ4v) is 2.36. The van der Waals surface area contributed by atoms with Gasteiger partial charge in [0.15, 0.2) is 0 Å². The molecule has 0 saturated heterocycles. The van der Waals surface area contributed by atoms with Crippen LogP contribution in [0.25, 0.3) is 0 Å². The van der Waals surface area contributed by atoms with Crippen molar-refractivity contribution >= 4 is 23.4 Å². The molecule has 1 N–H and O–H groups in total. The van der Waals surface area contributed by atoms with E-state index in [9.17, 15) is 0 Å². The van der Waals surface area contributed by atoms with E-state index in [4.69, 9.17) is 11.6 Å². The van der Waals surface area contributed by atoms with Gasteiger partial charge in [-0.25, -0.2) is 0 Å². The molecular formula is C13H20ClNS. The van der Waals surface area contributed by atoms with Gasteiger partial charge in [0, 0.05) is 27.8 Å². The van der Waals surface area contributed by atoms with E-state index < -0.39 is 0 Å². The summed E-state index contributed by atoms with van der Waals surface area (Å²) in [6.45, 7) is 7.71. The fourth-order valence-electron chi connectivity index (χ4n) is 1.30. The number of rotatable bonds is 6. The molecule has 0 aliphatic carbocycles. The number of nitrogens with one attached hydrogen (secondary N) is 1. The van der Waals surface area contributed by atoms with Crippen LogP contribution in [0, 0.1) is 0 Å². The van der Waals surface area contributed by atoms with Crippen LogP contribution in [0.1, 0.15) is 27.2 Å². The van der Waals surface area contributed by atoms with E-state index in [-0.39, 0.29) is 0 Å². The standard InChI is InChI=1S/C13H20ClNS/c1-4-10(2)15-9-11(3)16-13-7-5-12(14)6-8-13/h5-8,10-11,15H,4,9H2,1-3H3. The predicted octanol–water partition coefficient (Wildman–Crippen LogP) is 4.21. The molecule has 2 atom stereocenters. The molecule has 0 saturated carbocycles. The maximum Gasteiger partial charge on any atom is 0.0406 e.